The zero-order valence-corrected chi connectivity index (χ0v) is 12.5. The van der Waals surface area contributed by atoms with Gasteiger partial charge < -0.3 is 5.32 Å². The summed E-state index contributed by atoms with van der Waals surface area (Å²) in [6.45, 7) is 3.36. The standard InChI is InChI=1S/C11H16ClN3O3S/c1-8(2)14-11(16)7-15(3)19(17,18)9-4-5-10(12)13-6-9/h4-6,8H,7H2,1-3H3,(H,14,16). The third kappa shape index (κ3) is 4.45. The van der Waals surface area contributed by atoms with Crippen molar-refractivity contribution in [3.63, 3.8) is 0 Å². The number of hydrogen-bond donors (Lipinski definition) is 1. The average molecular weight is 306 g/mol. The number of carbonyl (C=O) groups is 1. The number of rotatable bonds is 5. The van der Waals surface area contributed by atoms with Crippen LogP contribution in [-0.4, -0.2) is 43.2 Å². The molecule has 106 valence electrons. The fourth-order valence-electron chi connectivity index (χ4n) is 1.35. The Bertz CT molecular complexity index is 543. The van der Waals surface area contributed by atoms with Crippen LogP contribution in [0.2, 0.25) is 5.15 Å². The van der Waals surface area contributed by atoms with Gasteiger partial charge in [-0.15, -0.1) is 0 Å². The normalized spacial score (nSPS) is 11.9. The maximum atomic E-state index is 12.1. The Labute approximate surface area is 117 Å². The Balaban J connectivity index is 2.83. The topological polar surface area (TPSA) is 79.4 Å². The lowest BCUT2D eigenvalue weighted by molar-refractivity contribution is -0.121. The molecule has 1 aromatic heterocycles. The highest BCUT2D eigenvalue weighted by Crippen LogP contribution is 2.14. The second kappa shape index (κ2) is 6.31. The Morgan fingerprint density at radius 1 is 1.47 bits per heavy atom. The molecule has 0 radical (unpaired) electrons. The summed E-state index contributed by atoms with van der Waals surface area (Å²) in [6, 6.07) is 2.69. The van der Waals surface area contributed by atoms with Gasteiger partial charge in [-0.3, -0.25) is 4.79 Å². The number of likely N-dealkylation sites (N-methyl/N-ethyl adjacent to an activating group) is 1. The van der Waals surface area contributed by atoms with Crippen molar-refractivity contribution >= 4 is 27.5 Å². The van der Waals surface area contributed by atoms with Crippen LogP contribution in [0.5, 0.6) is 0 Å². The quantitative estimate of drug-likeness (QED) is 0.819. The lowest BCUT2D eigenvalue weighted by atomic mass is 10.4. The van der Waals surface area contributed by atoms with E-state index in [1.165, 1.54) is 19.2 Å². The largest absolute Gasteiger partial charge is 0.353 e. The van der Waals surface area contributed by atoms with Gasteiger partial charge in [-0.1, -0.05) is 11.6 Å². The van der Waals surface area contributed by atoms with Crippen LogP contribution in [0.4, 0.5) is 0 Å². The fourth-order valence-corrected chi connectivity index (χ4v) is 2.53. The Morgan fingerprint density at radius 2 is 2.11 bits per heavy atom. The molecule has 8 heteroatoms. The van der Waals surface area contributed by atoms with Crippen molar-refractivity contribution in [2.24, 2.45) is 0 Å². The Kier molecular flexibility index (Phi) is 5.28. The van der Waals surface area contributed by atoms with E-state index in [9.17, 15) is 13.2 Å². The summed E-state index contributed by atoms with van der Waals surface area (Å²) in [5, 5.41) is 2.83. The molecular weight excluding hydrogens is 290 g/mol. The van der Waals surface area contributed by atoms with Gasteiger partial charge in [0, 0.05) is 19.3 Å². The lowest BCUT2D eigenvalue weighted by Gasteiger charge is -2.17. The molecule has 0 aliphatic carbocycles. The predicted octanol–water partition coefficient (Wildman–Crippen LogP) is 0.880. The van der Waals surface area contributed by atoms with Gasteiger partial charge in [0.25, 0.3) is 0 Å². The monoisotopic (exact) mass is 305 g/mol. The summed E-state index contributed by atoms with van der Waals surface area (Å²) in [7, 11) is -2.40. The predicted molar refractivity (Wildman–Crippen MR) is 72.3 cm³/mol. The third-order valence-electron chi connectivity index (χ3n) is 2.22. The van der Waals surface area contributed by atoms with Crippen molar-refractivity contribution in [2.75, 3.05) is 13.6 Å². The first kappa shape index (κ1) is 15.9. The maximum Gasteiger partial charge on any atom is 0.244 e. The van der Waals surface area contributed by atoms with Crippen LogP contribution in [0.1, 0.15) is 13.8 Å². The molecule has 1 amide bonds. The number of nitrogens with one attached hydrogen (secondary N) is 1. The van der Waals surface area contributed by atoms with E-state index in [-0.39, 0.29) is 28.5 Å². The number of pyridine rings is 1. The van der Waals surface area contributed by atoms with Gasteiger partial charge >= 0.3 is 0 Å². The lowest BCUT2D eigenvalue weighted by Crippen LogP contribution is -2.40. The Hall–Kier alpha value is -1.18. The molecule has 0 aliphatic heterocycles. The van der Waals surface area contributed by atoms with Crippen molar-refractivity contribution in [2.45, 2.75) is 24.8 Å². The van der Waals surface area contributed by atoms with Crippen molar-refractivity contribution in [1.29, 1.82) is 0 Å². The summed E-state index contributed by atoms with van der Waals surface area (Å²) < 4.78 is 25.2. The fraction of sp³-hybridized carbons (Fsp3) is 0.455. The number of amides is 1. The minimum absolute atomic E-state index is 0.00301. The minimum atomic E-state index is -3.74. The molecule has 0 spiro atoms. The van der Waals surface area contributed by atoms with Crippen LogP contribution in [0.15, 0.2) is 23.2 Å². The molecule has 0 aromatic carbocycles. The van der Waals surface area contributed by atoms with Crippen LogP contribution < -0.4 is 5.32 Å². The second-order valence-electron chi connectivity index (χ2n) is 4.30. The van der Waals surface area contributed by atoms with Gasteiger partial charge in [0.1, 0.15) is 10.0 Å². The highest BCUT2D eigenvalue weighted by Gasteiger charge is 2.23. The summed E-state index contributed by atoms with van der Waals surface area (Å²) in [6.07, 6.45) is 1.16. The van der Waals surface area contributed by atoms with Gasteiger partial charge in [-0.25, -0.2) is 13.4 Å². The average Bonchev–Trinajstić information content (AvgIpc) is 2.28. The molecule has 0 fully saturated rings. The van der Waals surface area contributed by atoms with Gasteiger partial charge in [-0.05, 0) is 26.0 Å². The molecule has 1 rings (SSSR count). The van der Waals surface area contributed by atoms with Crippen LogP contribution in [0, 0.1) is 0 Å². The summed E-state index contributed by atoms with van der Waals surface area (Å²) >= 11 is 5.60. The molecule has 6 nitrogen and oxygen atoms in total. The molecular formula is C11H16ClN3O3S. The van der Waals surface area contributed by atoms with Crippen LogP contribution in [0.3, 0.4) is 0 Å². The molecule has 1 N–H and O–H groups in total. The van der Waals surface area contributed by atoms with Crippen molar-refractivity contribution in [3.8, 4) is 0 Å². The van der Waals surface area contributed by atoms with Crippen LogP contribution in [0.25, 0.3) is 0 Å². The van der Waals surface area contributed by atoms with E-state index in [0.29, 0.717) is 0 Å². The van der Waals surface area contributed by atoms with Gasteiger partial charge in [0.05, 0.1) is 6.54 Å². The first-order valence-corrected chi connectivity index (χ1v) is 7.42. The number of nitrogens with zero attached hydrogens (tertiary/aromatic N) is 2. The number of sulfonamides is 1. The highest BCUT2D eigenvalue weighted by molar-refractivity contribution is 7.89. The summed E-state index contributed by atoms with van der Waals surface area (Å²) in [5.41, 5.74) is 0. The van der Waals surface area contributed by atoms with E-state index in [0.717, 1.165) is 10.5 Å². The number of carbonyl (C=O) groups excluding carboxylic acids is 1. The SMILES string of the molecule is CC(C)NC(=O)CN(C)S(=O)(=O)c1ccc(Cl)nc1. The van der Waals surface area contributed by atoms with E-state index in [1.807, 2.05) is 0 Å². The molecule has 0 bridgehead atoms. The van der Waals surface area contributed by atoms with Crippen molar-refractivity contribution < 1.29 is 13.2 Å². The zero-order chi connectivity index (χ0) is 14.6. The molecule has 0 saturated carbocycles. The first-order valence-electron chi connectivity index (χ1n) is 5.60. The minimum Gasteiger partial charge on any atom is -0.353 e. The van der Waals surface area contributed by atoms with Crippen molar-refractivity contribution in [3.05, 3.63) is 23.5 Å². The first-order chi connectivity index (χ1) is 8.73. The van der Waals surface area contributed by atoms with E-state index >= 15 is 0 Å². The van der Waals surface area contributed by atoms with Gasteiger partial charge in [0.2, 0.25) is 15.9 Å². The molecule has 0 aliphatic rings. The van der Waals surface area contributed by atoms with E-state index in [4.69, 9.17) is 11.6 Å². The van der Waals surface area contributed by atoms with E-state index < -0.39 is 10.0 Å². The summed E-state index contributed by atoms with van der Waals surface area (Å²) in [5.74, 6) is -0.358. The Morgan fingerprint density at radius 3 is 2.58 bits per heavy atom. The molecule has 0 saturated heterocycles. The molecule has 1 aromatic rings. The van der Waals surface area contributed by atoms with Crippen LogP contribution in [-0.2, 0) is 14.8 Å². The second-order valence-corrected chi connectivity index (χ2v) is 6.73. The maximum absolute atomic E-state index is 12.1. The molecule has 0 atom stereocenters. The smallest absolute Gasteiger partial charge is 0.244 e. The van der Waals surface area contributed by atoms with Gasteiger partial charge in [0.15, 0.2) is 0 Å². The summed E-state index contributed by atoms with van der Waals surface area (Å²) in [4.78, 5) is 15.3. The van der Waals surface area contributed by atoms with Crippen molar-refractivity contribution in [1.82, 2.24) is 14.6 Å². The molecule has 0 unspecified atom stereocenters. The van der Waals surface area contributed by atoms with Crippen LogP contribution >= 0.6 is 11.6 Å². The number of aromatic nitrogens is 1. The number of halogens is 1. The van der Waals surface area contributed by atoms with E-state index in [2.05, 4.69) is 10.3 Å². The van der Waals surface area contributed by atoms with E-state index in [1.54, 1.807) is 13.8 Å². The van der Waals surface area contributed by atoms with Gasteiger partial charge in [-0.2, -0.15) is 4.31 Å². The highest BCUT2D eigenvalue weighted by atomic mass is 35.5. The molecule has 1 heterocycles. The number of hydrogen-bond acceptors (Lipinski definition) is 4. The third-order valence-corrected chi connectivity index (χ3v) is 4.23. The zero-order valence-electron chi connectivity index (χ0n) is 10.9. The molecule has 19 heavy (non-hydrogen) atoms.